The topological polar surface area (TPSA) is 119 Å². The third-order valence-electron chi connectivity index (χ3n) is 3.87. The number of anilines is 1. The van der Waals surface area contributed by atoms with Crippen molar-refractivity contribution in [2.24, 2.45) is 0 Å². The van der Waals surface area contributed by atoms with Gasteiger partial charge in [-0.05, 0) is 42.0 Å². The highest BCUT2D eigenvalue weighted by Crippen LogP contribution is 2.27. The van der Waals surface area contributed by atoms with Gasteiger partial charge >= 0.3 is 0 Å². The lowest BCUT2D eigenvalue weighted by molar-refractivity contribution is -0.304. The van der Waals surface area contributed by atoms with Crippen LogP contribution in [-0.4, -0.2) is 31.4 Å². The van der Waals surface area contributed by atoms with Crippen LogP contribution >= 0.6 is 11.6 Å². The highest BCUT2D eigenvalue weighted by Gasteiger charge is 2.19. The van der Waals surface area contributed by atoms with Gasteiger partial charge in [-0.3, -0.25) is 9.52 Å². The van der Waals surface area contributed by atoms with Gasteiger partial charge in [0.1, 0.15) is 0 Å². The van der Waals surface area contributed by atoms with Crippen LogP contribution in [0.5, 0.6) is 0 Å². The SMILES string of the molecule is CS(=O)(=O)Nc1ccc(C(=O)c2[nH]c3cc(Cl)ccc3c2CC(=O)[O-])cc1. The average molecular weight is 406 g/mol. The van der Waals surface area contributed by atoms with E-state index in [0.29, 0.717) is 27.2 Å². The number of benzene rings is 2. The number of carboxylic acids is 1. The molecule has 9 heteroatoms. The van der Waals surface area contributed by atoms with Crippen molar-refractivity contribution in [3.8, 4) is 0 Å². The van der Waals surface area contributed by atoms with Crippen LogP contribution < -0.4 is 9.83 Å². The molecule has 0 atom stereocenters. The van der Waals surface area contributed by atoms with Crippen LogP contribution in [0.3, 0.4) is 0 Å². The van der Waals surface area contributed by atoms with E-state index in [0.717, 1.165) is 6.26 Å². The average Bonchev–Trinajstić information content (AvgIpc) is 2.90. The number of nitrogens with one attached hydrogen (secondary N) is 2. The monoisotopic (exact) mass is 405 g/mol. The minimum atomic E-state index is -3.43. The molecule has 2 N–H and O–H groups in total. The number of carbonyl (C=O) groups excluding carboxylic acids is 2. The molecule has 0 amide bonds. The summed E-state index contributed by atoms with van der Waals surface area (Å²) >= 11 is 5.96. The van der Waals surface area contributed by atoms with Gasteiger partial charge in [0.2, 0.25) is 15.8 Å². The molecular formula is C18H14ClN2O5S-. The maximum absolute atomic E-state index is 12.9. The fourth-order valence-electron chi connectivity index (χ4n) is 2.80. The van der Waals surface area contributed by atoms with Crippen molar-refractivity contribution in [1.82, 2.24) is 4.98 Å². The van der Waals surface area contributed by atoms with Crippen molar-refractivity contribution in [2.75, 3.05) is 11.0 Å². The number of fused-ring (bicyclic) bond motifs is 1. The molecule has 2 aromatic carbocycles. The zero-order valence-electron chi connectivity index (χ0n) is 14.1. The second kappa shape index (κ2) is 7.05. The highest BCUT2D eigenvalue weighted by molar-refractivity contribution is 7.92. The number of sulfonamides is 1. The van der Waals surface area contributed by atoms with Gasteiger partial charge in [0, 0.05) is 39.6 Å². The summed E-state index contributed by atoms with van der Waals surface area (Å²) in [6.07, 6.45) is 0.588. The van der Waals surface area contributed by atoms with Crippen molar-refractivity contribution in [2.45, 2.75) is 6.42 Å². The standard InChI is InChI=1S/C18H15ClN2O5S/c1-27(25,26)21-12-5-2-10(3-6-12)18(24)17-14(9-16(22)23)13-7-4-11(19)8-15(13)20-17/h2-8,20-21H,9H2,1H3,(H,22,23)/p-1. The number of carbonyl (C=O) groups is 2. The van der Waals surface area contributed by atoms with Crippen molar-refractivity contribution >= 4 is 50.0 Å². The van der Waals surface area contributed by atoms with E-state index in [2.05, 4.69) is 9.71 Å². The van der Waals surface area contributed by atoms with Crippen LogP contribution in [0.25, 0.3) is 10.9 Å². The quantitative estimate of drug-likeness (QED) is 0.605. The van der Waals surface area contributed by atoms with E-state index in [-0.39, 0.29) is 11.3 Å². The summed E-state index contributed by atoms with van der Waals surface area (Å²) < 4.78 is 24.8. The lowest BCUT2D eigenvalue weighted by Crippen LogP contribution is -2.25. The van der Waals surface area contributed by atoms with Crippen molar-refractivity contribution in [3.05, 3.63) is 64.3 Å². The van der Waals surface area contributed by atoms with E-state index in [1.165, 1.54) is 24.3 Å². The molecule has 0 spiro atoms. The summed E-state index contributed by atoms with van der Waals surface area (Å²) in [7, 11) is -3.43. The van der Waals surface area contributed by atoms with E-state index in [1.54, 1.807) is 18.2 Å². The Labute approximate surface area is 160 Å². The van der Waals surface area contributed by atoms with Crippen LogP contribution in [0.15, 0.2) is 42.5 Å². The number of aromatic amines is 1. The van der Waals surface area contributed by atoms with Gasteiger partial charge in [-0.15, -0.1) is 0 Å². The zero-order valence-corrected chi connectivity index (χ0v) is 15.6. The second-order valence-electron chi connectivity index (χ2n) is 6.00. The van der Waals surface area contributed by atoms with E-state index >= 15 is 0 Å². The largest absolute Gasteiger partial charge is 0.550 e. The van der Waals surface area contributed by atoms with Crippen LogP contribution in [0.4, 0.5) is 5.69 Å². The number of aromatic nitrogens is 1. The first-order valence-corrected chi connectivity index (χ1v) is 10.0. The Morgan fingerprint density at radius 2 is 1.81 bits per heavy atom. The van der Waals surface area contributed by atoms with E-state index in [9.17, 15) is 23.1 Å². The number of hydrogen-bond donors (Lipinski definition) is 2. The number of aliphatic carboxylic acids is 1. The van der Waals surface area contributed by atoms with Crippen molar-refractivity contribution in [3.63, 3.8) is 0 Å². The van der Waals surface area contributed by atoms with Gasteiger partial charge in [-0.1, -0.05) is 17.7 Å². The maximum Gasteiger partial charge on any atom is 0.229 e. The first-order valence-electron chi connectivity index (χ1n) is 7.76. The maximum atomic E-state index is 12.9. The molecule has 0 aliphatic carbocycles. The Morgan fingerprint density at radius 1 is 1.15 bits per heavy atom. The van der Waals surface area contributed by atoms with Gasteiger partial charge in [-0.25, -0.2) is 8.42 Å². The predicted octanol–water partition coefficient (Wildman–Crippen LogP) is 1.72. The van der Waals surface area contributed by atoms with Gasteiger partial charge in [0.25, 0.3) is 0 Å². The number of hydrogen-bond acceptors (Lipinski definition) is 5. The Balaban J connectivity index is 2.03. The first kappa shape index (κ1) is 18.9. The first-order chi connectivity index (χ1) is 12.6. The predicted molar refractivity (Wildman–Crippen MR) is 100 cm³/mol. The molecule has 3 rings (SSSR count). The molecule has 0 aliphatic heterocycles. The molecule has 0 aliphatic rings. The fourth-order valence-corrected chi connectivity index (χ4v) is 3.53. The molecule has 1 aromatic heterocycles. The van der Waals surface area contributed by atoms with E-state index in [4.69, 9.17) is 11.6 Å². The number of ketones is 1. The van der Waals surface area contributed by atoms with Gasteiger partial charge in [0.05, 0.1) is 11.9 Å². The van der Waals surface area contributed by atoms with Crippen LogP contribution in [0.1, 0.15) is 21.6 Å². The summed E-state index contributed by atoms with van der Waals surface area (Å²) in [6.45, 7) is 0. The highest BCUT2D eigenvalue weighted by atomic mass is 35.5. The molecule has 7 nitrogen and oxygen atoms in total. The minimum Gasteiger partial charge on any atom is -0.550 e. The van der Waals surface area contributed by atoms with Crippen molar-refractivity contribution < 1.29 is 23.1 Å². The van der Waals surface area contributed by atoms with Crippen molar-refractivity contribution in [1.29, 1.82) is 0 Å². The third kappa shape index (κ3) is 4.29. The Hall–Kier alpha value is -2.84. The van der Waals surface area contributed by atoms with Gasteiger partial charge in [0.15, 0.2) is 0 Å². The Bertz CT molecular complexity index is 1150. The summed E-state index contributed by atoms with van der Waals surface area (Å²) in [4.78, 5) is 26.9. The normalized spacial score (nSPS) is 11.5. The minimum absolute atomic E-state index is 0.125. The lowest BCUT2D eigenvalue weighted by Gasteiger charge is -2.07. The van der Waals surface area contributed by atoms with Gasteiger partial charge in [-0.2, -0.15) is 0 Å². The summed E-state index contributed by atoms with van der Waals surface area (Å²) in [5.74, 6) is -1.74. The Kier molecular flexibility index (Phi) is 4.95. The van der Waals surface area contributed by atoms with Crippen LogP contribution in [0.2, 0.25) is 5.02 Å². The fraction of sp³-hybridized carbons (Fsp3) is 0.111. The molecule has 3 aromatic rings. The second-order valence-corrected chi connectivity index (χ2v) is 8.18. The number of carboxylic acid groups (broad SMARTS) is 1. The Morgan fingerprint density at radius 3 is 2.41 bits per heavy atom. The molecule has 0 bridgehead atoms. The summed E-state index contributed by atoms with van der Waals surface area (Å²) in [5.41, 5.74) is 1.56. The van der Waals surface area contributed by atoms with Gasteiger partial charge < -0.3 is 14.9 Å². The number of halogens is 1. The number of H-pyrrole nitrogens is 1. The molecule has 140 valence electrons. The van der Waals surface area contributed by atoms with E-state index < -0.39 is 28.2 Å². The van der Waals surface area contributed by atoms with Crippen LogP contribution in [-0.2, 0) is 21.2 Å². The number of rotatable bonds is 6. The lowest BCUT2D eigenvalue weighted by atomic mass is 10.0. The molecule has 0 fully saturated rings. The molecule has 27 heavy (non-hydrogen) atoms. The summed E-state index contributed by atoms with van der Waals surface area (Å²) in [6, 6.07) is 10.7. The smallest absolute Gasteiger partial charge is 0.229 e. The molecular weight excluding hydrogens is 392 g/mol. The molecule has 0 saturated carbocycles. The van der Waals surface area contributed by atoms with E-state index in [1.807, 2.05) is 0 Å². The van der Waals surface area contributed by atoms with Crippen LogP contribution in [0, 0.1) is 0 Å². The third-order valence-corrected chi connectivity index (χ3v) is 4.71. The molecule has 0 radical (unpaired) electrons. The molecule has 1 heterocycles. The zero-order chi connectivity index (χ0) is 19.8. The molecule has 0 unspecified atom stereocenters. The molecule has 0 saturated heterocycles. The summed E-state index contributed by atoms with van der Waals surface area (Å²) in [5, 5.41) is 12.2.